The topological polar surface area (TPSA) is 49.4 Å². The second kappa shape index (κ2) is 8.12. The van der Waals surface area contributed by atoms with E-state index in [4.69, 9.17) is 0 Å². The van der Waals surface area contributed by atoms with E-state index in [1.54, 1.807) is 29.5 Å². The van der Waals surface area contributed by atoms with E-state index in [0.29, 0.717) is 17.2 Å². The molecule has 3 rings (SSSR count). The molecular formula is C20H22N2O2S. The maximum atomic E-state index is 12.8. The first-order valence-corrected chi connectivity index (χ1v) is 9.42. The van der Waals surface area contributed by atoms with E-state index in [-0.39, 0.29) is 11.8 Å². The Morgan fingerprint density at radius 2 is 1.92 bits per heavy atom. The number of piperidine rings is 1. The van der Waals surface area contributed by atoms with Crippen molar-refractivity contribution in [3.05, 3.63) is 58.3 Å². The smallest absolute Gasteiger partial charge is 0.255 e. The van der Waals surface area contributed by atoms with Gasteiger partial charge in [-0.1, -0.05) is 25.1 Å². The van der Waals surface area contributed by atoms with Crippen LogP contribution >= 0.6 is 11.3 Å². The maximum absolute atomic E-state index is 12.8. The zero-order valence-corrected chi connectivity index (χ0v) is 15.1. The molecule has 2 heterocycles. The number of anilines is 1. The molecule has 0 bridgehead atoms. The number of para-hydroxylation sites is 1. The third-order valence-electron chi connectivity index (χ3n) is 4.43. The van der Waals surface area contributed by atoms with Crippen LogP contribution in [0.2, 0.25) is 0 Å². The minimum Gasteiger partial charge on any atom is -0.339 e. The molecular weight excluding hydrogens is 332 g/mol. The van der Waals surface area contributed by atoms with Crippen molar-refractivity contribution in [3.63, 3.8) is 0 Å². The first-order valence-electron chi connectivity index (χ1n) is 8.54. The number of hydrogen-bond donors (Lipinski definition) is 1. The van der Waals surface area contributed by atoms with Gasteiger partial charge in [0.25, 0.3) is 5.91 Å². The van der Waals surface area contributed by atoms with Crippen LogP contribution in [0, 0.1) is 5.92 Å². The van der Waals surface area contributed by atoms with Gasteiger partial charge in [0, 0.05) is 24.0 Å². The van der Waals surface area contributed by atoms with E-state index >= 15 is 0 Å². The van der Waals surface area contributed by atoms with Gasteiger partial charge in [0.15, 0.2) is 0 Å². The van der Waals surface area contributed by atoms with E-state index < -0.39 is 0 Å². The van der Waals surface area contributed by atoms with Gasteiger partial charge in [-0.15, -0.1) is 11.3 Å². The molecule has 0 saturated carbocycles. The van der Waals surface area contributed by atoms with Crippen molar-refractivity contribution in [1.29, 1.82) is 0 Å². The Morgan fingerprint density at radius 1 is 1.16 bits per heavy atom. The normalized spacial score (nSPS) is 15.5. The zero-order chi connectivity index (χ0) is 17.6. The van der Waals surface area contributed by atoms with E-state index in [0.717, 1.165) is 30.8 Å². The van der Waals surface area contributed by atoms with Crippen LogP contribution in [-0.4, -0.2) is 29.8 Å². The summed E-state index contributed by atoms with van der Waals surface area (Å²) in [5.74, 6) is 0.423. The Labute approximate surface area is 152 Å². The number of carbonyl (C=O) groups is 2. The van der Waals surface area contributed by atoms with E-state index in [1.807, 2.05) is 34.5 Å². The number of hydrogen-bond acceptors (Lipinski definition) is 3. The summed E-state index contributed by atoms with van der Waals surface area (Å²) >= 11 is 1.57. The summed E-state index contributed by atoms with van der Waals surface area (Å²) in [6.45, 7) is 3.77. The molecule has 2 aromatic rings. The fourth-order valence-corrected chi connectivity index (χ4v) is 3.50. The Morgan fingerprint density at radius 3 is 2.64 bits per heavy atom. The predicted molar refractivity (Wildman–Crippen MR) is 103 cm³/mol. The van der Waals surface area contributed by atoms with Crippen molar-refractivity contribution in [3.8, 4) is 0 Å². The lowest BCUT2D eigenvalue weighted by Gasteiger charge is -2.30. The average molecular weight is 354 g/mol. The molecule has 0 radical (unpaired) electrons. The first-order chi connectivity index (χ1) is 12.1. The first kappa shape index (κ1) is 17.4. The highest BCUT2D eigenvalue weighted by Gasteiger charge is 2.23. The number of thiophene rings is 1. The quantitative estimate of drug-likeness (QED) is 0.834. The molecule has 2 amide bonds. The standard InChI is InChI=1S/C20H22N2O2S/c1-15-10-12-22(13-11-15)20(24)17-6-2-3-7-18(17)21-19(23)9-8-16-5-4-14-25-16/h2-9,14-15H,10-13H2,1H3,(H,21,23)/b9-8+. The largest absolute Gasteiger partial charge is 0.339 e. The second-order valence-corrected chi connectivity index (χ2v) is 7.34. The van der Waals surface area contributed by atoms with Gasteiger partial charge in [-0.25, -0.2) is 0 Å². The van der Waals surface area contributed by atoms with E-state index in [1.165, 1.54) is 6.08 Å². The van der Waals surface area contributed by atoms with Crippen LogP contribution in [0.25, 0.3) is 6.08 Å². The lowest BCUT2D eigenvalue weighted by Crippen LogP contribution is -2.38. The Kier molecular flexibility index (Phi) is 5.66. The molecule has 4 nitrogen and oxygen atoms in total. The summed E-state index contributed by atoms with van der Waals surface area (Å²) in [6.07, 6.45) is 5.33. The number of carbonyl (C=O) groups excluding carboxylic acids is 2. The molecule has 1 aromatic carbocycles. The number of likely N-dealkylation sites (tertiary alicyclic amines) is 1. The Bertz CT molecular complexity index is 760. The van der Waals surface area contributed by atoms with Crippen molar-refractivity contribution in [1.82, 2.24) is 4.90 Å². The lowest BCUT2D eigenvalue weighted by atomic mass is 9.98. The van der Waals surface area contributed by atoms with Gasteiger partial charge in [-0.05, 0) is 48.4 Å². The SMILES string of the molecule is CC1CCN(C(=O)c2ccccc2NC(=O)/C=C/c2cccs2)CC1. The van der Waals surface area contributed by atoms with Crippen molar-refractivity contribution >= 4 is 34.9 Å². The third-order valence-corrected chi connectivity index (χ3v) is 5.27. The van der Waals surface area contributed by atoms with Crippen molar-refractivity contribution in [2.24, 2.45) is 5.92 Å². The lowest BCUT2D eigenvalue weighted by molar-refractivity contribution is -0.111. The van der Waals surface area contributed by atoms with Gasteiger partial charge in [-0.3, -0.25) is 9.59 Å². The maximum Gasteiger partial charge on any atom is 0.255 e. The highest BCUT2D eigenvalue weighted by Crippen LogP contribution is 2.22. The van der Waals surface area contributed by atoms with Crippen LogP contribution in [0.1, 0.15) is 35.0 Å². The fourth-order valence-electron chi connectivity index (χ4n) is 2.88. The number of benzene rings is 1. The summed E-state index contributed by atoms with van der Waals surface area (Å²) in [5, 5.41) is 4.80. The van der Waals surface area contributed by atoms with Gasteiger partial charge >= 0.3 is 0 Å². The number of rotatable bonds is 4. The van der Waals surface area contributed by atoms with E-state index in [2.05, 4.69) is 12.2 Å². The van der Waals surface area contributed by atoms with Gasteiger partial charge in [0.2, 0.25) is 5.91 Å². The third kappa shape index (κ3) is 4.57. The number of nitrogens with zero attached hydrogens (tertiary/aromatic N) is 1. The highest BCUT2D eigenvalue weighted by atomic mass is 32.1. The summed E-state index contributed by atoms with van der Waals surface area (Å²) in [4.78, 5) is 27.9. The van der Waals surface area contributed by atoms with Gasteiger partial charge in [-0.2, -0.15) is 0 Å². The Balaban J connectivity index is 1.70. The summed E-state index contributed by atoms with van der Waals surface area (Å²) in [5.41, 5.74) is 1.11. The zero-order valence-electron chi connectivity index (χ0n) is 14.3. The number of amides is 2. The minimum atomic E-state index is -0.235. The minimum absolute atomic E-state index is 0.00923. The van der Waals surface area contributed by atoms with Crippen LogP contribution in [0.15, 0.2) is 47.9 Å². The molecule has 0 aliphatic carbocycles. The van der Waals surface area contributed by atoms with Crippen molar-refractivity contribution < 1.29 is 9.59 Å². The second-order valence-electron chi connectivity index (χ2n) is 6.36. The molecule has 0 atom stereocenters. The molecule has 1 aromatic heterocycles. The van der Waals surface area contributed by atoms with E-state index in [9.17, 15) is 9.59 Å². The predicted octanol–water partition coefficient (Wildman–Crippen LogP) is 4.27. The molecule has 0 spiro atoms. The highest BCUT2D eigenvalue weighted by molar-refractivity contribution is 7.10. The van der Waals surface area contributed by atoms with Crippen LogP contribution in [0.5, 0.6) is 0 Å². The Hall–Kier alpha value is -2.40. The van der Waals surface area contributed by atoms with Gasteiger partial charge < -0.3 is 10.2 Å². The molecule has 1 saturated heterocycles. The van der Waals surface area contributed by atoms with Crippen LogP contribution in [-0.2, 0) is 4.79 Å². The molecule has 1 fully saturated rings. The molecule has 0 unspecified atom stereocenters. The fraction of sp³-hybridized carbons (Fsp3) is 0.300. The summed E-state index contributed by atoms with van der Waals surface area (Å²) in [6, 6.07) is 11.1. The molecule has 130 valence electrons. The summed E-state index contributed by atoms with van der Waals surface area (Å²) in [7, 11) is 0. The molecule has 25 heavy (non-hydrogen) atoms. The molecule has 5 heteroatoms. The monoisotopic (exact) mass is 354 g/mol. The van der Waals surface area contributed by atoms with Crippen molar-refractivity contribution in [2.75, 3.05) is 18.4 Å². The molecule has 1 N–H and O–H groups in total. The molecule has 1 aliphatic rings. The van der Waals surface area contributed by atoms with Gasteiger partial charge in [0.1, 0.15) is 0 Å². The van der Waals surface area contributed by atoms with Gasteiger partial charge in [0.05, 0.1) is 11.3 Å². The van der Waals surface area contributed by atoms with Crippen molar-refractivity contribution in [2.45, 2.75) is 19.8 Å². The summed E-state index contributed by atoms with van der Waals surface area (Å²) < 4.78 is 0. The van der Waals surface area contributed by atoms with Crippen LogP contribution < -0.4 is 5.32 Å². The average Bonchev–Trinajstić information content (AvgIpc) is 3.14. The number of nitrogens with one attached hydrogen (secondary N) is 1. The van der Waals surface area contributed by atoms with Crippen LogP contribution in [0.4, 0.5) is 5.69 Å². The van der Waals surface area contributed by atoms with Crippen LogP contribution in [0.3, 0.4) is 0 Å². The molecule has 1 aliphatic heterocycles.